The highest BCUT2D eigenvalue weighted by Crippen LogP contribution is 2.27. The van der Waals surface area contributed by atoms with Crippen LogP contribution in [-0.4, -0.2) is 24.0 Å². The van der Waals surface area contributed by atoms with Crippen molar-refractivity contribution in [3.05, 3.63) is 38.7 Å². The van der Waals surface area contributed by atoms with Crippen LogP contribution in [0.1, 0.15) is 5.56 Å². The monoisotopic (exact) mass is 281 g/mol. The number of ether oxygens (including phenoxy) is 1. The summed E-state index contributed by atoms with van der Waals surface area (Å²) >= 11 is 11.4. The number of hydrogen-bond donors (Lipinski definition) is 0. The molecule has 1 aromatic carbocycles. The highest BCUT2D eigenvalue weighted by molar-refractivity contribution is 6.31. The van der Waals surface area contributed by atoms with Gasteiger partial charge in [-0.05, 0) is 12.5 Å². The number of rotatable bonds is 5. The van der Waals surface area contributed by atoms with E-state index in [1.54, 1.807) is 0 Å². The second kappa shape index (κ2) is 6.14. The SMILES string of the molecule is COCC(Cl)Cc1cc(F)c(Cl)cc1[N+](=O)[O-]. The van der Waals surface area contributed by atoms with Gasteiger partial charge in [0.2, 0.25) is 0 Å². The summed E-state index contributed by atoms with van der Waals surface area (Å²) < 4.78 is 18.0. The van der Waals surface area contributed by atoms with E-state index in [9.17, 15) is 14.5 Å². The molecule has 1 unspecified atom stereocenters. The van der Waals surface area contributed by atoms with Crippen LogP contribution in [0.25, 0.3) is 0 Å². The van der Waals surface area contributed by atoms with Gasteiger partial charge in [0.05, 0.1) is 21.9 Å². The average molecular weight is 282 g/mol. The molecule has 94 valence electrons. The summed E-state index contributed by atoms with van der Waals surface area (Å²) in [6.07, 6.45) is 0.139. The Balaban J connectivity index is 3.04. The van der Waals surface area contributed by atoms with Gasteiger partial charge in [-0.15, -0.1) is 11.6 Å². The Morgan fingerprint density at radius 3 is 2.76 bits per heavy atom. The zero-order valence-electron chi connectivity index (χ0n) is 8.95. The van der Waals surface area contributed by atoms with Crippen molar-refractivity contribution in [3.8, 4) is 0 Å². The third kappa shape index (κ3) is 3.80. The van der Waals surface area contributed by atoms with Crippen molar-refractivity contribution >= 4 is 28.9 Å². The van der Waals surface area contributed by atoms with Crippen LogP contribution in [0.5, 0.6) is 0 Å². The Labute approximate surface area is 107 Å². The minimum atomic E-state index is -0.700. The Hall–Kier alpha value is -0.910. The quantitative estimate of drug-likeness (QED) is 0.473. The van der Waals surface area contributed by atoms with Crippen LogP contribution in [-0.2, 0) is 11.2 Å². The molecule has 0 fully saturated rings. The van der Waals surface area contributed by atoms with Crippen molar-refractivity contribution in [1.82, 2.24) is 0 Å². The zero-order chi connectivity index (χ0) is 13.0. The predicted molar refractivity (Wildman–Crippen MR) is 63.3 cm³/mol. The lowest BCUT2D eigenvalue weighted by molar-refractivity contribution is -0.385. The van der Waals surface area contributed by atoms with Gasteiger partial charge in [0.15, 0.2) is 0 Å². The predicted octanol–water partition coefficient (Wildman–Crippen LogP) is 3.18. The third-order valence-electron chi connectivity index (χ3n) is 2.11. The lowest BCUT2D eigenvalue weighted by atomic mass is 10.1. The van der Waals surface area contributed by atoms with Crippen LogP contribution in [0.2, 0.25) is 5.02 Å². The first-order chi connectivity index (χ1) is 7.95. The molecule has 0 N–H and O–H groups in total. The molecular weight excluding hydrogens is 272 g/mol. The van der Waals surface area contributed by atoms with E-state index in [2.05, 4.69) is 0 Å². The van der Waals surface area contributed by atoms with E-state index in [0.717, 1.165) is 12.1 Å². The minimum Gasteiger partial charge on any atom is -0.383 e. The Morgan fingerprint density at radius 2 is 2.24 bits per heavy atom. The molecule has 1 atom stereocenters. The minimum absolute atomic E-state index is 0.139. The molecule has 17 heavy (non-hydrogen) atoms. The van der Waals surface area contributed by atoms with Crippen molar-refractivity contribution in [2.24, 2.45) is 0 Å². The molecule has 7 heteroatoms. The lowest BCUT2D eigenvalue weighted by Crippen LogP contribution is -2.12. The fraction of sp³-hybridized carbons (Fsp3) is 0.400. The molecule has 0 saturated heterocycles. The Kier molecular flexibility index (Phi) is 5.11. The normalized spacial score (nSPS) is 12.5. The molecule has 0 aliphatic heterocycles. The first-order valence-electron chi connectivity index (χ1n) is 4.71. The maximum atomic E-state index is 13.2. The van der Waals surface area contributed by atoms with Gasteiger partial charge in [-0.1, -0.05) is 11.6 Å². The van der Waals surface area contributed by atoms with Crippen LogP contribution in [0.4, 0.5) is 10.1 Å². The van der Waals surface area contributed by atoms with Crippen molar-refractivity contribution in [3.63, 3.8) is 0 Å². The average Bonchev–Trinajstić information content (AvgIpc) is 2.23. The fourth-order valence-electron chi connectivity index (χ4n) is 1.39. The van der Waals surface area contributed by atoms with E-state index < -0.39 is 16.1 Å². The van der Waals surface area contributed by atoms with Gasteiger partial charge < -0.3 is 4.74 Å². The summed E-state index contributed by atoms with van der Waals surface area (Å²) in [6.45, 7) is 0.225. The number of nitrogens with zero attached hydrogens (tertiary/aromatic N) is 1. The van der Waals surface area contributed by atoms with Crippen molar-refractivity contribution in [2.45, 2.75) is 11.8 Å². The third-order valence-corrected chi connectivity index (χ3v) is 2.68. The summed E-state index contributed by atoms with van der Waals surface area (Å²) in [5.74, 6) is -0.700. The second-order valence-corrected chi connectivity index (χ2v) is 4.43. The molecule has 0 spiro atoms. The summed E-state index contributed by atoms with van der Waals surface area (Å²) in [5, 5.41) is 10.0. The van der Waals surface area contributed by atoms with Gasteiger partial charge in [-0.3, -0.25) is 10.1 Å². The molecule has 0 aliphatic carbocycles. The highest BCUT2D eigenvalue weighted by atomic mass is 35.5. The van der Waals surface area contributed by atoms with E-state index in [-0.39, 0.29) is 29.3 Å². The molecule has 0 heterocycles. The van der Waals surface area contributed by atoms with Gasteiger partial charge in [0.25, 0.3) is 5.69 Å². The largest absolute Gasteiger partial charge is 0.383 e. The summed E-state index contributed by atoms with van der Waals surface area (Å²) in [5.41, 5.74) is -0.0351. The molecule has 4 nitrogen and oxygen atoms in total. The second-order valence-electron chi connectivity index (χ2n) is 3.41. The van der Waals surface area contributed by atoms with Crippen LogP contribution < -0.4 is 0 Å². The van der Waals surface area contributed by atoms with E-state index in [1.807, 2.05) is 0 Å². The molecular formula is C10H10Cl2FNO3. The first kappa shape index (κ1) is 14.2. The van der Waals surface area contributed by atoms with Gasteiger partial charge in [-0.2, -0.15) is 0 Å². The molecule has 0 radical (unpaired) electrons. The van der Waals surface area contributed by atoms with Crippen LogP contribution in [0.15, 0.2) is 12.1 Å². The van der Waals surface area contributed by atoms with Crippen LogP contribution in [0.3, 0.4) is 0 Å². The molecule has 1 rings (SSSR count). The number of nitro groups is 1. The van der Waals surface area contributed by atoms with Crippen LogP contribution in [0, 0.1) is 15.9 Å². The molecule has 0 amide bonds. The standard InChI is InChI=1S/C10H10Cl2FNO3/c1-17-5-7(11)2-6-3-9(13)8(12)4-10(6)14(15)16/h3-4,7H,2,5H2,1H3. The zero-order valence-corrected chi connectivity index (χ0v) is 10.5. The summed E-state index contributed by atoms with van der Waals surface area (Å²) in [4.78, 5) is 10.2. The molecule has 0 aromatic heterocycles. The maximum Gasteiger partial charge on any atom is 0.274 e. The number of methoxy groups -OCH3 is 1. The number of hydrogen-bond acceptors (Lipinski definition) is 3. The first-order valence-corrected chi connectivity index (χ1v) is 5.52. The smallest absolute Gasteiger partial charge is 0.274 e. The van der Waals surface area contributed by atoms with E-state index in [4.69, 9.17) is 27.9 Å². The van der Waals surface area contributed by atoms with Crippen molar-refractivity contribution in [2.75, 3.05) is 13.7 Å². The van der Waals surface area contributed by atoms with Crippen molar-refractivity contribution < 1.29 is 14.1 Å². The summed E-state index contributed by atoms with van der Waals surface area (Å²) in [7, 11) is 1.46. The van der Waals surface area contributed by atoms with Gasteiger partial charge in [0.1, 0.15) is 5.82 Å². The highest BCUT2D eigenvalue weighted by Gasteiger charge is 2.20. The maximum absolute atomic E-state index is 13.2. The van der Waals surface area contributed by atoms with Crippen LogP contribution >= 0.6 is 23.2 Å². The number of alkyl halides is 1. The number of benzene rings is 1. The van der Waals surface area contributed by atoms with Crippen molar-refractivity contribution in [1.29, 1.82) is 0 Å². The Bertz CT molecular complexity index is 428. The Morgan fingerprint density at radius 1 is 1.59 bits per heavy atom. The van der Waals surface area contributed by atoms with Gasteiger partial charge in [-0.25, -0.2) is 4.39 Å². The number of halogens is 3. The lowest BCUT2D eigenvalue weighted by Gasteiger charge is -2.09. The molecule has 1 aromatic rings. The van der Waals surface area contributed by atoms with Gasteiger partial charge in [0, 0.05) is 18.7 Å². The van der Waals surface area contributed by atoms with E-state index in [1.165, 1.54) is 7.11 Å². The number of nitro benzene ring substituents is 1. The summed E-state index contributed by atoms with van der Waals surface area (Å²) in [6, 6.07) is 2.02. The molecule has 0 aliphatic rings. The topological polar surface area (TPSA) is 52.4 Å². The molecule has 0 bridgehead atoms. The fourth-order valence-corrected chi connectivity index (χ4v) is 1.84. The van der Waals surface area contributed by atoms with E-state index in [0.29, 0.717) is 0 Å². The van der Waals surface area contributed by atoms with Gasteiger partial charge >= 0.3 is 0 Å². The van der Waals surface area contributed by atoms with E-state index >= 15 is 0 Å². The molecule has 0 saturated carbocycles.